The Hall–Kier alpha value is -2.39. The van der Waals surface area contributed by atoms with Crippen molar-refractivity contribution in [1.29, 1.82) is 0 Å². The molecular weight excluding hydrogens is 355 g/mol. The second-order valence-electron chi connectivity index (χ2n) is 6.41. The molecule has 2 aliphatic rings. The maximum atomic E-state index is 13.1. The highest BCUT2D eigenvalue weighted by molar-refractivity contribution is 5.86. The van der Waals surface area contributed by atoms with Gasteiger partial charge in [0.2, 0.25) is 5.95 Å². The number of fused-ring (bicyclic) bond motifs is 2. The van der Waals surface area contributed by atoms with Crippen molar-refractivity contribution in [1.82, 2.24) is 9.97 Å². The molecule has 2 aliphatic heterocycles. The van der Waals surface area contributed by atoms with Crippen molar-refractivity contribution in [3.05, 3.63) is 17.5 Å². The van der Waals surface area contributed by atoms with E-state index in [4.69, 9.17) is 9.47 Å². The van der Waals surface area contributed by atoms with Crippen molar-refractivity contribution in [3.8, 4) is 0 Å². The molecule has 3 heterocycles. The minimum absolute atomic E-state index is 0.134. The molecule has 7 nitrogen and oxygen atoms in total. The van der Waals surface area contributed by atoms with Crippen molar-refractivity contribution >= 4 is 17.9 Å². The van der Waals surface area contributed by atoms with Gasteiger partial charge in [0.05, 0.1) is 26.1 Å². The first kappa shape index (κ1) is 18.4. The van der Waals surface area contributed by atoms with Crippen LogP contribution < -0.4 is 4.90 Å². The molecule has 26 heavy (non-hydrogen) atoms. The Kier molecular flexibility index (Phi) is 4.53. The van der Waals surface area contributed by atoms with E-state index in [2.05, 4.69) is 9.97 Å². The highest BCUT2D eigenvalue weighted by Crippen LogP contribution is 2.48. The van der Waals surface area contributed by atoms with Crippen LogP contribution in [-0.4, -0.2) is 48.2 Å². The smallest absolute Gasteiger partial charge is 0.433 e. The molecule has 0 saturated carbocycles. The van der Waals surface area contributed by atoms with Crippen LogP contribution >= 0.6 is 0 Å². The van der Waals surface area contributed by atoms with E-state index in [1.165, 1.54) is 21.1 Å². The summed E-state index contributed by atoms with van der Waals surface area (Å²) in [4.78, 5) is 33.8. The average molecular weight is 373 g/mol. The number of hydrogen-bond donors (Lipinski definition) is 0. The number of anilines is 1. The molecule has 2 bridgehead atoms. The lowest BCUT2D eigenvalue weighted by molar-refractivity contribution is -0.157. The molecule has 0 aromatic carbocycles. The van der Waals surface area contributed by atoms with Crippen LogP contribution in [0.4, 0.5) is 19.1 Å². The minimum Gasteiger partial charge on any atom is -0.469 e. The minimum atomic E-state index is -4.62. The molecule has 0 N–H and O–H groups in total. The Balaban J connectivity index is 2.05. The Labute approximate surface area is 147 Å². The molecule has 10 heteroatoms. The molecule has 2 saturated heterocycles. The highest BCUT2D eigenvalue weighted by Gasteiger charge is 2.60. The topological polar surface area (TPSA) is 81.6 Å². The third kappa shape index (κ3) is 2.86. The van der Waals surface area contributed by atoms with Crippen LogP contribution in [0.25, 0.3) is 0 Å². The number of nitrogens with zero attached hydrogens (tertiary/aromatic N) is 3. The SMILES string of the molecule is COC(=O)C1C(C(=O)OC)C2CCC1N2c1nc(C)cc(C(F)(F)F)n1. The third-order valence-corrected chi connectivity index (χ3v) is 5.00. The molecule has 4 atom stereocenters. The molecule has 0 radical (unpaired) electrons. The zero-order chi connectivity index (χ0) is 19.2. The number of methoxy groups -OCH3 is 2. The van der Waals surface area contributed by atoms with Crippen molar-refractivity contribution < 1.29 is 32.2 Å². The van der Waals surface area contributed by atoms with Crippen LogP contribution in [0, 0.1) is 18.8 Å². The Morgan fingerprint density at radius 3 is 2.00 bits per heavy atom. The summed E-state index contributed by atoms with van der Waals surface area (Å²) in [7, 11) is 2.41. The number of carbonyl (C=O) groups is 2. The summed E-state index contributed by atoms with van der Waals surface area (Å²) < 4.78 is 48.9. The van der Waals surface area contributed by atoms with Crippen molar-refractivity contribution in [2.24, 2.45) is 11.8 Å². The van der Waals surface area contributed by atoms with Gasteiger partial charge in [0.15, 0.2) is 0 Å². The zero-order valence-corrected chi connectivity index (χ0v) is 14.4. The molecule has 0 spiro atoms. The number of halogens is 3. The number of alkyl halides is 3. The molecule has 142 valence electrons. The first-order valence-corrected chi connectivity index (χ1v) is 8.06. The number of ether oxygens (including phenoxy) is 2. The summed E-state index contributed by atoms with van der Waals surface area (Å²) in [5, 5.41) is 0. The van der Waals surface area contributed by atoms with E-state index >= 15 is 0 Å². The van der Waals surface area contributed by atoms with Crippen LogP contribution in [-0.2, 0) is 25.2 Å². The normalized spacial score (nSPS) is 27.5. The number of hydrogen-bond acceptors (Lipinski definition) is 7. The summed E-state index contributed by atoms with van der Waals surface area (Å²) in [6.07, 6.45) is -3.57. The van der Waals surface area contributed by atoms with Gasteiger partial charge in [0.1, 0.15) is 5.69 Å². The molecule has 1 aromatic rings. The summed E-state index contributed by atoms with van der Waals surface area (Å²) in [5.41, 5.74) is -0.909. The fraction of sp³-hybridized carbons (Fsp3) is 0.625. The van der Waals surface area contributed by atoms with Crippen LogP contribution in [0.15, 0.2) is 6.07 Å². The standard InChI is InChI=1S/C16H18F3N3O4/c1-7-6-10(16(17,18)19)21-15(20-7)22-8-4-5-9(22)12(14(24)26-3)11(8)13(23)25-2/h6,8-9,11-12H,4-5H2,1-3H3. The maximum Gasteiger partial charge on any atom is 0.433 e. The molecule has 3 rings (SSSR count). The van der Waals surface area contributed by atoms with Crippen LogP contribution in [0.1, 0.15) is 24.2 Å². The lowest BCUT2D eigenvalue weighted by atomic mass is 9.79. The molecule has 0 aliphatic carbocycles. The van der Waals surface area contributed by atoms with Gasteiger partial charge in [-0.15, -0.1) is 0 Å². The largest absolute Gasteiger partial charge is 0.469 e. The Bertz CT molecular complexity index is 710. The van der Waals surface area contributed by atoms with Crippen LogP contribution in [0.5, 0.6) is 0 Å². The van der Waals surface area contributed by atoms with E-state index in [1.54, 1.807) is 4.90 Å². The fourth-order valence-corrected chi connectivity index (χ4v) is 4.04. The van der Waals surface area contributed by atoms with E-state index in [0.29, 0.717) is 12.8 Å². The van der Waals surface area contributed by atoms with E-state index in [-0.39, 0.29) is 11.6 Å². The van der Waals surface area contributed by atoms with Crippen LogP contribution in [0.3, 0.4) is 0 Å². The number of aromatic nitrogens is 2. The molecular formula is C16H18F3N3O4. The lowest BCUT2D eigenvalue weighted by Gasteiger charge is -2.24. The van der Waals surface area contributed by atoms with Gasteiger partial charge in [0.25, 0.3) is 0 Å². The average Bonchev–Trinajstić information content (AvgIpc) is 3.15. The van der Waals surface area contributed by atoms with Gasteiger partial charge >= 0.3 is 18.1 Å². The first-order valence-electron chi connectivity index (χ1n) is 8.06. The number of rotatable bonds is 3. The van der Waals surface area contributed by atoms with Gasteiger partial charge < -0.3 is 14.4 Å². The third-order valence-electron chi connectivity index (χ3n) is 5.00. The summed E-state index contributed by atoms with van der Waals surface area (Å²) in [6.45, 7) is 1.44. The summed E-state index contributed by atoms with van der Waals surface area (Å²) >= 11 is 0. The van der Waals surface area contributed by atoms with Gasteiger partial charge in [0, 0.05) is 17.8 Å². The van der Waals surface area contributed by atoms with Crippen molar-refractivity contribution in [2.75, 3.05) is 19.1 Å². The fourth-order valence-electron chi connectivity index (χ4n) is 4.04. The van der Waals surface area contributed by atoms with Crippen molar-refractivity contribution in [3.63, 3.8) is 0 Å². The molecule has 1 aromatic heterocycles. The quantitative estimate of drug-likeness (QED) is 0.747. The van der Waals surface area contributed by atoms with E-state index in [0.717, 1.165) is 6.07 Å². The number of carbonyl (C=O) groups excluding carboxylic acids is 2. The summed E-state index contributed by atoms with van der Waals surface area (Å²) in [5.74, 6) is -2.98. The monoisotopic (exact) mass is 373 g/mol. The van der Waals surface area contributed by atoms with E-state index in [9.17, 15) is 22.8 Å². The van der Waals surface area contributed by atoms with Gasteiger partial charge in [-0.05, 0) is 25.8 Å². The maximum absolute atomic E-state index is 13.1. The first-order chi connectivity index (χ1) is 12.2. The predicted octanol–water partition coefficient (Wildman–Crippen LogP) is 1.73. The summed E-state index contributed by atoms with van der Waals surface area (Å²) in [6, 6.07) is -0.171. The predicted molar refractivity (Wildman–Crippen MR) is 82.1 cm³/mol. The van der Waals surface area contributed by atoms with Gasteiger partial charge in [-0.25, -0.2) is 9.97 Å². The Morgan fingerprint density at radius 1 is 1.08 bits per heavy atom. The van der Waals surface area contributed by atoms with E-state index < -0.39 is 47.7 Å². The lowest BCUT2D eigenvalue weighted by Crippen LogP contribution is -2.39. The number of aryl methyl sites for hydroxylation is 1. The van der Waals surface area contributed by atoms with Gasteiger partial charge in [-0.2, -0.15) is 13.2 Å². The molecule has 0 amide bonds. The van der Waals surface area contributed by atoms with E-state index in [1.807, 2.05) is 0 Å². The second kappa shape index (κ2) is 6.40. The second-order valence-corrected chi connectivity index (χ2v) is 6.41. The Morgan fingerprint density at radius 2 is 1.58 bits per heavy atom. The highest BCUT2D eigenvalue weighted by atomic mass is 19.4. The molecule has 4 unspecified atom stereocenters. The number of esters is 2. The zero-order valence-electron chi connectivity index (χ0n) is 14.4. The van der Waals surface area contributed by atoms with Crippen LogP contribution in [0.2, 0.25) is 0 Å². The van der Waals surface area contributed by atoms with Crippen molar-refractivity contribution in [2.45, 2.75) is 38.0 Å². The van der Waals surface area contributed by atoms with Gasteiger partial charge in [-0.3, -0.25) is 9.59 Å². The van der Waals surface area contributed by atoms with Gasteiger partial charge in [-0.1, -0.05) is 0 Å². The molecule has 2 fully saturated rings.